The van der Waals surface area contributed by atoms with Crippen LogP contribution < -0.4 is 9.47 Å². The fourth-order valence-corrected chi connectivity index (χ4v) is 4.29. The van der Waals surface area contributed by atoms with Gasteiger partial charge in [-0.3, -0.25) is 0 Å². The molecule has 0 spiro atoms. The quantitative estimate of drug-likeness (QED) is 0.221. The van der Waals surface area contributed by atoms with Gasteiger partial charge in [-0.2, -0.15) is 8.78 Å². The molecule has 9 heteroatoms. The topological polar surface area (TPSA) is 44.8 Å². The summed E-state index contributed by atoms with van der Waals surface area (Å²) in [5, 5.41) is 0. The van der Waals surface area contributed by atoms with E-state index in [4.69, 9.17) is 14.2 Å². The Morgan fingerprint density at radius 3 is 2.05 bits per heavy atom. The van der Waals surface area contributed by atoms with Crippen molar-refractivity contribution in [2.24, 2.45) is 0 Å². The van der Waals surface area contributed by atoms with E-state index in [1.165, 1.54) is 30.3 Å². The number of hydrogen-bond donors (Lipinski definition) is 0. The molecule has 1 unspecified atom stereocenters. The van der Waals surface area contributed by atoms with Crippen LogP contribution in [0.3, 0.4) is 0 Å². The van der Waals surface area contributed by atoms with Gasteiger partial charge in [0.05, 0.1) is 18.8 Å². The minimum absolute atomic E-state index is 0.0963. The van der Waals surface area contributed by atoms with Crippen LogP contribution in [-0.4, -0.2) is 25.3 Å². The summed E-state index contributed by atoms with van der Waals surface area (Å²) in [5.41, 5.74) is 0.469. The van der Waals surface area contributed by atoms with Crippen molar-refractivity contribution >= 4 is 11.5 Å². The fourth-order valence-electron chi connectivity index (χ4n) is 4.29. The van der Waals surface area contributed by atoms with E-state index in [0.717, 1.165) is 11.6 Å². The van der Waals surface area contributed by atoms with Crippen LogP contribution in [0.15, 0.2) is 48.5 Å². The average Bonchev–Trinajstić information content (AvgIpc) is 2.90. The summed E-state index contributed by atoms with van der Waals surface area (Å²) in [7, 11) is 0. The number of hydrogen-bond acceptors (Lipinski definition) is 4. The molecule has 1 aliphatic rings. The van der Waals surface area contributed by atoms with Crippen LogP contribution in [0.5, 0.6) is 11.5 Å². The maximum Gasteiger partial charge on any atom is 0.341 e. The Morgan fingerprint density at radius 2 is 1.45 bits per heavy atom. The zero-order valence-corrected chi connectivity index (χ0v) is 20.8. The van der Waals surface area contributed by atoms with Crippen LogP contribution in [0.25, 0.3) is 16.7 Å². The third-order valence-electron chi connectivity index (χ3n) is 6.18. The molecule has 3 aromatic carbocycles. The molecule has 0 amide bonds. The van der Waals surface area contributed by atoms with Crippen molar-refractivity contribution in [1.29, 1.82) is 0 Å². The first-order valence-corrected chi connectivity index (χ1v) is 12.2. The van der Waals surface area contributed by atoms with E-state index in [0.29, 0.717) is 18.4 Å². The van der Waals surface area contributed by atoms with E-state index in [1.807, 2.05) is 0 Å². The first-order chi connectivity index (χ1) is 18.2. The molecule has 0 bridgehead atoms. The number of esters is 1. The fraction of sp³-hybridized carbons (Fsp3) is 0.276. The highest BCUT2D eigenvalue weighted by Crippen LogP contribution is 2.35. The molecule has 1 atom stereocenters. The molecule has 3 aromatic rings. The van der Waals surface area contributed by atoms with Gasteiger partial charge >= 0.3 is 5.97 Å². The summed E-state index contributed by atoms with van der Waals surface area (Å²) < 4.78 is 87.5. The largest absolute Gasteiger partial charge is 0.491 e. The normalized spacial score (nSPS) is 15.1. The number of rotatable bonds is 8. The first-order valence-electron chi connectivity index (χ1n) is 12.2. The summed E-state index contributed by atoms with van der Waals surface area (Å²) in [6, 6.07) is 9.01. The Morgan fingerprint density at radius 1 is 0.816 bits per heavy atom. The second-order valence-corrected chi connectivity index (χ2v) is 8.57. The summed E-state index contributed by atoms with van der Waals surface area (Å²) in [6.07, 6.45) is 2.27. The monoisotopic (exact) mass is 532 g/mol. The third kappa shape index (κ3) is 5.51. The molecular weight excluding hydrogens is 507 g/mol. The average molecular weight is 533 g/mol. The summed E-state index contributed by atoms with van der Waals surface area (Å²) in [6.45, 7) is 3.56. The predicted octanol–water partition coefficient (Wildman–Crippen LogP) is 7.64. The Balaban J connectivity index is 1.45. The molecule has 0 aromatic heterocycles. The first kappa shape index (κ1) is 27.2. The Kier molecular flexibility index (Phi) is 8.34. The van der Waals surface area contributed by atoms with Gasteiger partial charge in [-0.1, -0.05) is 18.2 Å². The number of benzene rings is 3. The lowest BCUT2D eigenvalue weighted by molar-refractivity contribution is 0.0278. The molecule has 0 fully saturated rings. The lowest BCUT2D eigenvalue weighted by Gasteiger charge is -2.23. The SMILES string of the molecule is CCOc1ccc(C(=O)OC2CC=C(c3ccc(-c4ccc(OCC)c(F)c4F)c(F)c3)CC2)c(F)c1F. The number of carbonyl (C=O) groups is 1. The van der Waals surface area contributed by atoms with E-state index in [9.17, 15) is 26.7 Å². The standard InChI is InChI=1S/C29H25F5O4/c1-3-36-23-13-11-20(25(31)27(23)33)19-10-7-17(15-22(19)30)16-5-8-18(9-6-16)38-29(35)21-12-14-24(37-4-2)28(34)26(21)32/h5,7,10-15,18H,3-4,6,8-9H2,1-2H3. The van der Waals surface area contributed by atoms with Gasteiger partial charge in [-0.05, 0) is 68.2 Å². The molecule has 4 nitrogen and oxygen atoms in total. The summed E-state index contributed by atoms with van der Waals surface area (Å²) >= 11 is 0. The van der Waals surface area contributed by atoms with Crippen LogP contribution in [0.2, 0.25) is 0 Å². The van der Waals surface area contributed by atoms with Crippen LogP contribution in [0.4, 0.5) is 22.0 Å². The number of ether oxygens (including phenoxy) is 3. The predicted molar refractivity (Wildman–Crippen MR) is 131 cm³/mol. The van der Waals surface area contributed by atoms with Crippen molar-refractivity contribution in [3.63, 3.8) is 0 Å². The van der Waals surface area contributed by atoms with Gasteiger partial charge in [0.1, 0.15) is 11.9 Å². The maximum atomic E-state index is 14.9. The Hall–Kier alpha value is -3.88. The van der Waals surface area contributed by atoms with Gasteiger partial charge in [0.2, 0.25) is 11.6 Å². The molecule has 0 N–H and O–H groups in total. The molecule has 4 rings (SSSR count). The molecule has 0 aliphatic heterocycles. The lowest BCUT2D eigenvalue weighted by Crippen LogP contribution is -2.21. The van der Waals surface area contributed by atoms with Gasteiger partial charge in [0.25, 0.3) is 0 Å². The minimum Gasteiger partial charge on any atom is -0.491 e. The highest BCUT2D eigenvalue weighted by atomic mass is 19.2. The zero-order valence-electron chi connectivity index (χ0n) is 20.8. The summed E-state index contributed by atoms with van der Waals surface area (Å²) in [4.78, 5) is 12.4. The highest BCUT2D eigenvalue weighted by Gasteiger charge is 2.25. The van der Waals surface area contributed by atoms with Crippen molar-refractivity contribution < 1.29 is 41.0 Å². The molecule has 0 heterocycles. The van der Waals surface area contributed by atoms with Crippen molar-refractivity contribution in [2.75, 3.05) is 13.2 Å². The lowest BCUT2D eigenvalue weighted by atomic mass is 9.90. The van der Waals surface area contributed by atoms with Gasteiger partial charge < -0.3 is 14.2 Å². The minimum atomic E-state index is -1.34. The maximum absolute atomic E-state index is 14.9. The smallest absolute Gasteiger partial charge is 0.341 e. The number of carbonyl (C=O) groups excluding carboxylic acids is 1. The molecule has 0 saturated heterocycles. The molecule has 1 aliphatic carbocycles. The molecule has 0 radical (unpaired) electrons. The number of halogens is 5. The van der Waals surface area contributed by atoms with E-state index in [-0.39, 0.29) is 42.3 Å². The zero-order chi connectivity index (χ0) is 27.4. The Bertz CT molecular complexity index is 1390. The van der Waals surface area contributed by atoms with E-state index in [2.05, 4.69) is 0 Å². The van der Waals surface area contributed by atoms with Crippen molar-refractivity contribution in [3.05, 3.63) is 88.8 Å². The van der Waals surface area contributed by atoms with E-state index in [1.54, 1.807) is 26.0 Å². The second kappa shape index (κ2) is 11.7. The van der Waals surface area contributed by atoms with Crippen molar-refractivity contribution in [1.82, 2.24) is 0 Å². The van der Waals surface area contributed by atoms with Crippen LogP contribution in [0.1, 0.15) is 49.0 Å². The molecule has 0 saturated carbocycles. The highest BCUT2D eigenvalue weighted by molar-refractivity contribution is 5.90. The number of allylic oxidation sites excluding steroid dienone is 1. The van der Waals surface area contributed by atoms with Crippen molar-refractivity contribution in [3.8, 4) is 22.6 Å². The van der Waals surface area contributed by atoms with Crippen LogP contribution in [-0.2, 0) is 4.74 Å². The van der Waals surface area contributed by atoms with E-state index < -0.39 is 46.7 Å². The molecular formula is C29H25F5O4. The van der Waals surface area contributed by atoms with Crippen molar-refractivity contribution in [2.45, 2.75) is 39.2 Å². The van der Waals surface area contributed by atoms with Crippen LogP contribution >= 0.6 is 0 Å². The molecule has 200 valence electrons. The summed E-state index contributed by atoms with van der Waals surface area (Å²) in [5.74, 6) is -7.25. The van der Waals surface area contributed by atoms with Gasteiger partial charge in [-0.15, -0.1) is 0 Å². The molecule has 38 heavy (non-hydrogen) atoms. The van der Waals surface area contributed by atoms with Crippen LogP contribution in [0, 0.1) is 29.1 Å². The second-order valence-electron chi connectivity index (χ2n) is 8.57. The Labute approximate surface area is 216 Å². The third-order valence-corrected chi connectivity index (χ3v) is 6.18. The van der Waals surface area contributed by atoms with E-state index >= 15 is 0 Å². The van der Waals surface area contributed by atoms with Gasteiger partial charge in [0.15, 0.2) is 23.1 Å². The van der Waals surface area contributed by atoms with Gasteiger partial charge in [0, 0.05) is 17.5 Å². The van der Waals surface area contributed by atoms with Gasteiger partial charge in [-0.25, -0.2) is 18.0 Å².